The molecule has 0 radical (unpaired) electrons. The van der Waals surface area contributed by atoms with E-state index in [2.05, 4.69) is 52.5 Å². The molecule has 136 valence electrons. The van der Waals surface area contributed by atoms with E-state index in [1.165, 1.54) is 5.56 Å². The van der Waals surface area contributed by atoms with E-state index in [1.54, 1.807) is 11.3 Å². The third-order valence-electron chi connectivity index (χ3n) is 4.97. The van der Waals surface area contributed by atoms with Crippen LogP contribution in [0.15, 0.2) is 70.6 Å². The highest BCUT2D eigenvalue weighted by molar-refractivity contribution is 7.17. The fraction of sp³-hybridized carbons (Fsp3) is 0.227. The summed E-state index contributed by atoms with van der Waals surface area (Å²) >= 11 is 1.65. The zero-order valence-electron chi connectivity index (χ0n) is 14.9. The van der Waals surface area contributed by atoms with Crippen LogP contribution in [0.5, 0.6) is 5.75 Å². The van der Waals surface area contributed by atoms with Gasteiger partial charge >= 0.3 is 0 Å². The number of ether oxygens (including phenoxy) is 1. The molecule has 1 aliphatic heterocycles. The standard InChI is InChI=1S/C22H20N2O2S/c1-2-5-16(6-3-1)14-24-11-9-19(15-24)25-18-8-4-7-17(13-18)21-22-20(26-23-21)10-12-27-22/h1-8,10,12-13,19H,9,11,14-15H2/t19-/m0/s1. The number of aromatic nitrogens is 1. The van der Waals surface area contributed by atoms with E-state index in [0.717, 1.165) is 53.3 Å². The van der Waals surface area contributed by atoms with Crippen LogP contribution in [0.2, 0.25) is 0 Å². The van der Waals surface area contributed by atoms with E-state index in [4.69, 9.17) is 9.26 Å². The van der Waals surface area contributed by atoms with Gasteiger partial charge in [-0.2, -0.15) is 0 Å². The molecule has 4 nitrogen and oxygen atoms in total. The Morgan fingerprint density at radius 2 is 2.04 bits per heavy atom. The number of nitrogens with zero attached hydrogens (tertiary/aromatic N) is 2. The van der Waals surface area contributed by atoms with Gasteiger partial charge in [-0.25, -0.2) is 0 Å². The zero-order valence-corrected chi connectivity index (χ0v) is 15.7. The Labute approximate surface area is 162 Å². The van der Waals surface area contributed by atoms with Crippen molar-refractivity contribution in [3.63, 3.8) is 0 Å². The van der Waals surface area contributed by atoms with E-state index in [0.29, 0.717) is 0 Å². The average molecular weight is 376 g/mol. The molecule has 5 heteroatoms. The van der Waals surface area contributed by atoms with Gasteiger partial charge in [-0.1, -0.05) is 47.6 Å². The first-order valence-corrected chi connectivity index (χ1v) is 10.1. The maximum Gasteiger partial charge on any atom is 0.178 e. The summed E-state index contributed by atoms with van der Waals surface area (Å²) in [4.78, 5) is 2.46. The monoisotopic (exact) mass is 376 g/mol. The minimum atomic E-state index is 0.225. The fourth-order valence-electron chi connectivity index (χ4n) is 3.65. The predicted molar refractivity (Wildman–Crippen MR) is 108 cm³/mol. The first-order valence-electron chi connectivity index (χ1n) is 9.21. The largest absolute Gasteiger partial charge is 0.489 e. The smallest absolute Gasteiger partial charge is 0.178 e. The Kier molecular flexibility index (Phi) is 4.40. The first-order chi connectivity index (χ1) is 13.3. The van der Waals surface area contributed by atoms with Crippen molar-refractivity contribution < 1.29 is 9.26 Å². The van der Waals surface area contributed by atoms with Crippen LogP contribution in [0.4, 0.5) is 0 Å². The summed E-state index contributed by atoms with van der Waals surface area (Å²) in [5.74, 6) is 0.895. The number of hydrogen-bond donors (Lipinski definition) is 0. The molecule has 1 aliphatic rings. The van der Waals surface area contributed by atoms with E-state index < -0.39 is 0 Å². The molecule has 0 bridgehead atoms. The van der Waals surface area contributed by atoms with Gasteiger partial charge < -0.3 is 9.26 Å². The molecule has 1 fully saturated rings. The normalized spacial score (nSPS) is 17.6. The van der Waals surface area contributed by atoms with Crippen LogP contribution in [0.1, 0.15) is 12.0 Å². The summed E-state index contributed by atoms with van der Waals surface area (Å²) in [5, 5.41) is 6.26. The fourth-order valence-corrected chi connectivity index (χ4v) is 4.47. The van der Waals surface area contributed by atoms with Crippen LogP contribution in [-0.2, 0) is 6.54 Å². The van der Waals surface area contributed by atoms with Gasteiger partial charge in [0.25, 0.3) is 0 Å². The molecule has 0 aliphatic carbocycles. The van der Waals surface area contributed by atoms with Crippen molar-refractivity contribution >= 4 is 21.6 Å². The summed E-state index contributed by atoms with van der Waals surface area (Å²) in [6.45, 7) is 3.01. The molecule has 0 saturated carbocycles. The second-order valence-corrected chi connectivity index (χ2v) is 7.84. The molecule has 2 aromatic carbocycles. The van der Waals surface area contributed by atoms with Crippen molar-refractivity contribution in [1.29, 1.82) is 0 Å². The van der Waals surface area contributed by atoms with Crippen molar-refractivity contribution in [2.75, 3.05) is 13.1 Å². The minimum absolute atomic E-state index is 0.225. The highest BCUT2D eigenvalue weighted by Gasteiger charge is 2.24. The van der Waals surface area contributed by atoms with Crippen LogP contribution in [0.25, 0.3) is 21.5 Å². The zero-order chi connectivity index (χ0) is 18.1. The predicted octanol–water partition coefficient (Wildman–Crippen LogP) is 5.21. The summed E-state index contributed by atoms with van der Waals surface area (Å²) in [7, 11) is 0. The van der Waals surface area contributed by atoms with Crippen LogP contribution >= 0.6 is 11.3 Å². The average Bonchev–Trinajstić information content (AvgIpc) is 3.40. The Hall–Kier alpha value is -2.63. The number of thiophene rings is 1. The molecule has 1 saturated heterocycles. The lowest BCUT2D eigenvalue weighted by atomic mass is 10.1. The molecule has 5 rings (SSSR count). The Morgan fingerprint density at radius 3 is 2.96 bits per heavy atom. The van der Waals surface area contributed by atoms with E-state index >= 15 is 0 Å². The number of likely N-dealkylation sites (tertiary alicyclic amines) is 1. The maximum atomic E-state index is 6.28. The van der Waals surface area contributed by atoms with Crippen LogP contribution in [0, 0.1) is 0 Å². The molecule has 0 spiro atoms. The topological polar surface area (TPSA) is 38.5 Å². The lowest BCUT2D eigenvalue weighted by Gasteiger charge is -2.17. The molecular weight excluding hydrogens is 356 g/mol. The summed E-state index contributed by atoms with van der Waals surface area (Å²) in [6.07, 6.45) is 1.28. The third-order valence-corrected chi connectivity index (χ3v) is 5.87. The van der Waals surface area contributed by atoms with E-state index in [-0.39, 0.29) is 6.10 Å². The summed E-state index contributed by atoms with van der Waals surface area (Å²) in [6, 6.07) is 20.7. The van der Waals surface area contributed by atoms with Crippen LogP contribution < -0.4 is 4.74 Å². The van der Waals surface area contributed by atoms with Gasteiger partial charge in [-0.15, -0.1) is 11.3 Å². The van der Waals surface area contributed by atoms with Crippen LogP contribution in [0.3, 0.4) is 0 Å². The Balaban J connectivity index is 1.27. The van der Waals surface area contributed by atoms with Crippen molar-refractivity contribution in [2.45, 2.75) is 19.1 Å². The Bertz CT molecular complexity index is 1040. The summed E-state index contributed by atoms with van der Waals surface area (Å²) < 4.78 is 12.8. The number of benzene rings is 2. The maximum absolute atomic E-state index is 6.28. The van der Waals surface area contributed by atoms with Crippen molar-refractivity contribution in [2.24, 2.45) is 0 Å². The molecule has 1 atom stereocenters. The van der Waals surface area contributed by atoms with Gasteiger partial charge in [0, 0.05) is 25.2 Å². The van der Waals surface area contributed by atoms with Gasteiger partial charge in [0.1, 0.15) is 22.2 Å². The summed E-state index contributed by atoms with van der Waals surface area (Å²) in [5.41, 5.74) is 4.12. The molecule has 0 N–H and O–H groups in total. The van der Waals surface area contributed by atoms with E-state index in [9.17, 15) is 0 Å². The quantitative estimate of drug-likeness (QED) is 0.479. The third kappa shape index (κ3) is 3.48. The lowest BCUT2D eigenvalue weighted by molar-refractivity contribution is 0.198. The molecule has 0 unspecified atom stereocenters. The molecular formula is C22H20N2O2S. The molecule has 27 heavy (non-hydrogen) atoms. The lowest BCUT2D eigenvalue weighted by Crippen LogP contribution is -2.24. The molecule has 0 amide bonds. The molecule has 3 heterocycles. The van der Waals surface area contributed by atoms with Gasteiger partial charge in [0.2, 0.25) is 0 Å². The van der Waals surface area contributed by atoms with Crippen molar-refractivity contribution in [3.8, 4) is 17.0 Å². The van der Waals surface area contributed by atoms with Gasteiger partial charge in [-0.3, -0.25) is 4.90 Å². The molecule has 4 aromatic rings. The highest BCUT2D eigenvalue weighted by atomic mass is 32.1. The Morgan fingerprint density at radius 1 is 1.11 bits per heavy atom. The van der Waals surface area contributed by atoms with E-state index in [1.807, 2.05) is 23.6 Å². The first kappa shape index (κ1) is 16.5. The SMILES string of the molecule is c1ccc(CN2CC[C@H](Oc3cccc(-c4noc5ccsc45)c3)C2)cc1. The molecule has 2 aromatic heterocycles. The number of rotatable bonds is 5. The van der Waals surface area contributed by atoms with Crippen LogP contribution in [-0.4, -0.2) is 29.3 Å². The second kappa shape index (κ2) is 7.18. The van der Waals surface area contributed by atoms with Gasteiger partial charge in [-0.05, 0) is 35.6 Å². The number of fused-ring (bicyclic) bond motifs is 1. The van der Waals surface area contributed by atoms with Gasteiger partial charge in [0.15, 0.2) is 5.58 Å². The second-order valence-electron chi connectivity index (χ2n) is 6.92. The minimum Gasteiger partial charge on any atom is -0.489 e. The number of hydrogen-bond acceptors (Lipinski definition) is 5. The van der Waals surface area contributed by atoms with Crippen molar-refractivity contribution in [3.05, 3.63) is 71.6 Å². The highest BCUT2D eigenvalue weighted by Crippen LogP contribution is 2.33. The van der Waals surface area contributed by atoms with Crippen molar-refractivity contribution in [1.82, 2.24) is 10.1 Å². The van der Waals surface area contributed by atoms with Gasteiger partial charge in [0.05, 0.1) is 0 Å².